The van der Waals surface area contributed by atoms with Crippen LogP contribution in [0.15, 0.2) is 4.52 Å². The number of aryl methyl sites for hydroxylation is 1. The van der Waals surface area contributed by atoms with Crippen molar-refractivity contribution < 1.29 is 14.1 Å². The SMILES string of the molecule is CCc1c(C)noc1NC(=O)CCN1CCCCC1=O. The van der Waals surface area contributed by atoms with Crippen molar-refractivity contribution in [1.82, 2.24) is 10.1 Å². The van der Waals surface area contributed by atoms with Crippen LogP contribution in [-0.2, 0) is 16.0 Å². The summed E-state index contributed by atoms with van der Waals surface area (Å²) in [5.41, 5.74) is 1.72. The zero-order valence-corrected chi connectivity index (χ0v) is 12.1. The van der Waals surface area contributed by atoms with Gasteiger partial charge in [0.25, 0.3) is 0 Å². The number of carbonyl (C=O) groups is 2. The topological polar surface area (TPSA) is 75.4 Å². The van der Waals surface area contributed by atoms with Crippen LogP contribution in [0.3, 0.4) is 0 Å². The van der Waals surface area contributed by atoms with E-state index in [2.05, 4.69) is 10.5 Å². The van der Waals surface area contributed by atoms with Crippen molar-refractivity contribution in [2.45, 2.75) is 46.0 Å². The maximum Gasteiger partial charge on any atom is 0.234 e. The lowest BCUT2D eigenvalue weighted by atomic mass is 10.1. The van der Waals surface area contributed by atoms with E-state index in [0.29, 0.717) is 18.8 Å². The van der Waals surface area contributed by atoms with E-state index in [-0.39, 0.29) is 18.2 Å². The summed E-state index contributed by atoms with van der Waals surface area (Å²) >= 11 is 0. The third-order valence-corrected chi connectivity index (χ3v) is 3.62. The molecule has 110 valence electrons. The van der Waals surface area contributed by atoms with Gasteiger partial charge < -0.3 is 9.42 Å². The summed E-state index contributed by atoms with van der Waals surface area (Å²) in [6.07, 6.45) is 3.63. The van der Waals surface area contributed by atoms with Crippen LogP contribution in [0.5, 0.6) is 0 Å². The van der Waals surface area contributed by atoms with Gasteiger partial charge in [-0.15, -0.1) is 0 Å². The fraction of sp³-hybridized carbons (Fsp3) is 0.643. The van der Waals surface area contributed by atoms with Crippen LogP contribution >= 0.6 is 0 Å². The van der Waals surface area contributed by atoms with Gasteiger partial charge in [0.05, 0.1) is 5.69 Å². The number of likely N-dealkylation sites (tertiary alicyclic amines) is 1. The van der Waals surface area contributed by atoms with Crippen LogP contribution in [0.4, 0.5) is 5.88 Å². The molecule has 0 bridgehead atoms. The predicted octanol–water partition coefficient (Wildman–Crippen LogP) is 1.89. The first-order chi connectivity index (χ1) is 9.61. The fourth-order valence-electron chi connectivity index (χ4n) is 2.43. The fourth-order valence-corrected chi connectivity index (χ4v) is 2.43. The lowest BCUT2D eigenvalue weighted by molar-refractivity contribution is -0.133. The summed E-state index contributed by atoms with van der Waals surface area (Å²) < 4.78 is 5.11. The van der Waals surface area contributed by atoms with Crippen LogP contribution in [0.1, 0.15) is 43.9 Å². The Hall–Kier alpha value is -1.85. The molecule has 0 unspecified atom stereocenters. The van der Waals surface area contributed by atoms with E-state index in [4.69, 9.17) is 4.52 Å². The van der Waals surface area contributed by atoms with Gasteiger partial charge in [-0.2, -0.15) is 0 Å². The molecule has 20 heavy (non-hydrogen) atoms. The Labute approximate surface area is 118 Å². The number of hydrogen-bond acceptors (Lipinski definition) is 4. The summed E-state index contributed by atoms with van der Waals surface area (Å²) in [5, 5.41) is 6.58. The minimum absolute atomic E-state index is 0.144. The maximum atomic E-state index is 11.9. The van der Waals surface area contributed by atoms with E-state index in [1.807, 2.05) is 13.8 Å². The molecular formula is C14H21N3O3. The quantitative estimate of drug-likeness (QED) is 0.893. The van der Waals surface area contributed by atoms with Gasteiger partial charge in [-0.1, -0.05) is 12.1 Å². The molecule has 0 atom stereocenters. The summed E-state index contributed by atoms with van der Waals surface area (Å²) in [5.74, 6) is 0.433. The standard InChI is InChI=1S/C14H21N3O3/c1-3-11-10(2)16-20-14(11)15-12(18)7-9-17-8-5-4-6-13(17)19/h3-9H2,1-2H3,(H,15,18). The van der Waals surface area contributed by atoms with Crippen LogP contribution in [0.25, 0.3) is 0 Å². The Morgan fingerprint density at radius 3 is 2.95 bits per heavy atom. The Balaban J connectivity index is 1.84. The molecule has 1 aliphatic rings. The molecule has 0 aliphatic carbocycles. The average molecular weight is 279 g/mol. The lowest BCUT2D eigenvalue weighted by Gasteiger charge is -2.26. The average Bonchev–Trinajstić information content (AvgIpc) is 2.78. The molecule has 0 spiro atoms. The van der Waals surface area contributed by atoms with Gasteiger partial charge in [-0.25, -0.2) is 0 Å². The molecule has 1 aromatic heterocycles. The highest BCUT2D eigenvalue weighted by molar-refractivity contribution is 5.90. The zero-order chi connectivity index (χ0) is 14.5. The highest BCUT2D eigenvalue weighted by Gasteiger charge is 2.19. The van der Waals surface area contributed by atoms with E-state index in [1.165, 1.54) is 0 Å². The normalized spacial score (nSPS) is 15.5. The summed E-state index contributed by atoms with van der Waals surface area (Å²) in [7, 11) is 0. The molecule has 1 saturated heterocycles. The van der Waals surface area contributed by atoms with Crippen molar-refractivity contribution in [2.24, 2.45) is 0 Å². The van der Waals surface area contributed by atoms with Gasteiger partial charge in [-0.3, -0.25) is 14.9 Å². The molecule has 2 amide bonds. The molecule has 2 rings (SSSR count). The van der Waals surface area contributed by atoms with Gasteiger partial charge in [0.2, 0.25) is 17.7 Å². The second-order valence-corrected chi connectivity index (χ2v) is 5.07. The van der Waals surface area contributed by atoms with Crippen LogP contribution in [-0.4, -0.2) is 35.0 Å². The van der Waals surface area contributed by atoms with Crippen LogP contribution in [0, 0.1) is 6.92 Å². The van der Waals surface area contributed by atoms with Gasteiger partial charge in [0.1, 0.15) is 0 Å². The molecule has 1 aliphatic heterocycles. The zero-order valence-electron chi connectivity index (χ0n) is 12.1. The van der Waals surface area contributed by atoms with Crippen molar-refractivity contribution in [1.29, 1.82) is 0 Å². The van der Waals surface area contributed by atoms with E-state index in [1.54, 1.807) is 4.90 Å². The van der Waals surface area contributed by atoms with Gasteiger partial charge in [0.15, 0.2) is 0 Å². The number of rotatable bonds is 5. The lowest BCUT2D eigenvalue weighted by Crippen LogP contribution is -2.37. The first-order valence-corrected chi connectivity index (χ1v) is 7.14. The molecular weight excluding hydrogens is 258 g/mol. The number of nitrogens with zero attached hydrogens (tertiary/aromatic N) is 2. The minimum atomic E-state index is -0.144. The van der Waals surface area contributed by atoms with E-state index in [0.717, 1.165) is 37.1 Å². The minimum Gasteiger partial charge on any atom is -0.342 e. The number of amides is 2. The molecule has 0 saturated carbocycles. The van der Waals surface area contributed by atoms with Crippen molar-refractivity contribution >= 4 is 17.7 Å². The van der Waals surface area contributed by atoms with E-state index < -0.39 is 0 Å². The largest absolute Gasteiger partial charge is 0.342 e. The molecule has 1 N–H and O–H groups in total. The number of nitrogens with one attached hydrogen (secondary N) is 1. The maximum absolute atomic E-state index is 11.9. The summed E-state index contributed by atoms with van der Waals surface area (Å²) in [6, 6.07) is 0. The molecule has 2 heterocycles. The van der Waals surface area contributed by atoms with Crippen molar-refractivity contribution in [3.63, 3.8) is 0 Å². The predicted molar refractivity (Wildman–Crippen MR) is 74.3 cm³/mol. The van der Waals surface area contributed by atoms with Gasteiger partial charge in [0, 0.05) is 31.5 Å². The third kappa shape index (κ3) is 3.37. The number of aromatic nitrogens is 1. The van der Waals surface area contributed by atoms with Crippen molar-refractivity contribution in [3.8, 4) is 0 Å². The number of anilines is 1. The van der Waals surface area contributed by atoms with E-state index in [9.17, 15) is 9.59 Å². The molecule has 0 radical (unpaired) electrons. The van der Waals surface area contributed by atoms with E-state index >= 15 is 0 Å². The third-order valence-electron chi connectivity index (χ3n) is 3.62. The second kappa shape index (κ2) is 6.54. The Morgan fingerprint density at radius 1 is 1.45 bits per heavy atom. The van der Waals surface area contributed by atoms with Gasteiger partial charge in [-0.05, 0) is 26.2 Å². The Morgan fingerprint density at radius 2 is 2.25 bits per heavy atom. The summed E-state index contributed by atoms with van der Waals surface area (Å²) in [4.78, 5) is 25.3. The van der Waals surface area contributed by atoms with Crippen molar-refractivity contribution in [2.75, 3.05) is 18.4 Å². The first-order valence-electron chi connectivity index (χ1n) is 7.14. The van der Waals surface area contributed by atoms with Gasteiger partial charge >= 0.3 is 0 Å². The molecule has 1 fully saturated rings. The molecule has 1 aromatic rings. The highest BCUT2D eigenvalue weighted by atomic mass is 16.5. The first kappa shape index (κ1) is 14.6. The van der Waals surface area contributed by atoms with Crippen molar-refractivity contribution in [3.05, 3.63) is 11.3 Å². The Bertz CT molecular complexity index is 496. The number of hydrogen-bond donors (Lipinski definition) is 1. The smallest absolute Gasteiger partial charge is 0.234 e. The number of carbonyl (C=O) groups excluding carboxylic acids is 2. The molecule has 6 nitrogen and oxygen atoms in total. The Kier molecular flexibility index (Phi) is 4.76. The highest BCUT2D eigenvalue weighted by Crippen LogP contribution is 2.19. The second-order valence-electron chi connectivity index (χ2n) is 5.07. The summed E-state index contributed by atoms with van der Waals surface area (Å²) in [6.45, 7) is 5.07. The number of piperidine rings is 1. The molecule has 6 heteroatoms. The molecule has 0 aromatic carbocycles. The van der Waals surface area contributed by atoms with Crippen LogP contribution in [0.2, 0.25) is 0 Å². The van der Waals surface area contributed by atoms with Crippen LogP contribution < -0.4 is 5.32 Å². The monoisotopic (exact) mass is 279 g/mol.